The van der Waals surface area contributed by atoms with Crippen molar-refractivity contribution in [2.75, 3.05) is 26.2 Å². The van der Waals surface area contributed by atoms with Crippen LogP contribution in [0.3, 0.4) is 0 Å². The van der Waals surface area contributed by atoms with E-state index in [4.69, 9.17) is 4.52 Å². The molecular weight excluding hydrogens is 386 g/mol. The van der Waals surface area contributed by atoms with Crippen LogP contribution >= 0.6 is 0 Å². The number of nitrogens with zero attached hydrogens (tertiary/aromatic N) is 3. The van der Waals surface area contributed by atoms with E-state index >= 15 is 0 Å². The molecule has 3 aromatic rings. The van der Waals surface area contributed by atoms with E-state index in [1.807, 2.05) is 11.0 Å². The van der Waals surface area contributed by atoms with Gasteiger partial charge in [-0.2, -0.15) is 0 Å². The Morgan fingerprint density at radius 1 is 1.06 bits per heavy atom. The Kier molecular flexibility index (Phi) is 5.77. The number of likely N-dealkylation sites (tertiary alicyclic amines) is 2. The van der Waals surface area contributed by atoms with Gasteiger partial charge in [0.1, 0.15) is 0 Å². The van der Waals surface area contributed by atoms with Crippen LogP contribution < -0.4 is 0 Å². The highest BCUT2D eigenvalue weighted by molar-refractivity contribution is 5.91. The van der Waals surface area contributed by atoms with Crippen LogP contribution in [-0.4, -0.2) is 47.0 Å². The van der Waals surface area contributed by atoms with Crippen LogP contribution in [0.4, 0.5) is 0 Å². The lowest BCUT2D eigenvalue weighted by atomic mass is 9.93. The second-order valence-corrected chi connectivity index (χ2v) is 9.30. The van der Waals surface area contributed by atoms with Crippen LogP contribution in [-0.2, 0) is 6.54 Å². The first-order chi connectivity index (χ1) is 15.2. The molecule has 2 saturated heterocycles. The highest BCUT2D eigenvalue weighted by Gasteiger charge is 2.28. The van der Waals surface area contributed by atoms with Gasteiger partial charge < -0.3 is 9.42 Å². The fourth-order valence-corrected chi connectivity index (χ4v) is 5.06. The number of hydrogen-bond acceptors (Lipinski definition) is 4. The summed E-state index contributed by atoms with van der Waals surface area (Å²) in [7, 11) is 0. The summed E-state index contributed by atoms with van der Waals surface area (Å²) in [4.78, 5) is 17.2. The number of aromatic nitrogens is 1. The van der Waals surface area contributed by atoms with Gasteiger partial charge in [-0.05, 0) is 54.5 Å². The van der Waals surface area contributed by atoms with Crippen LogP contribution in [0.25, 0.3) is 10.8 Å². The molecule has 0 unspecified atom stereocenters. The Balaban J connectivity index is 1.26. The maximum Gasteiger partial charge on any atom is 0.292 e. The van der Waals surface area contributed by atoms with Crippen LogP contribution in [0.1, 0.15) is 60.3 Å². The quantitative estimate of drug-likeness (QED) is 0.594. The van der Waals surface area contributed by atoms with Crippen LogP contribution in [0.5, 0.6) is 0 Å². The Bertz CT molecular complexity index is 1050. The van der Waals surface area contributed by atoms with Gasteiger partial charge in [-0.25, -0.2) is 0 Å². The molecule has 0 aliphatic carbocycles. The molecule has 3 heterocycles. The molecule has 0 bridgehead atoms. The molecule has 162 valence electrons. The van der Waals surface area contributed by atoms with Gasteiger partial charge in [-0.1, -0.05) is 54.5 Å². The van der Waals surface area contributed by atoms with Gasteiger partial charge in [0.05, 0.1) is 5.69 Å². The zero-order chi connectivity index (χ0) is 21.2. The van der Waals surface area contributed by atoms with Crippen molar-refractivity contribution in [3.8, 4) is 0 Å². The number of benzene rings is 2. The highest BCUT2D eigenvalue weighted by atomic mass is 16.5. The monoisotopic (exact) mass is 417 g/mol. The molecule has 2 aromatic carbocycles. The summed E-state index contributed by atoms with van der Waals surface area (Å²) < 4.78 is 5.51. The predicted molar refractivity (Wildman–Crippen MR) is 122 cm³/mol. The normalized spacial score (nSPS) is 20.9. The average Bonchev–Trinajstić information content (AvgIpc) is 3.30. The number of carbonyl (C=O) groups excluding carboxylic acids is 1. The number of rotatable bonds is 4. The maximum absolute atomic E-state index is 12.8. The van der Waals surface area contributed by atoms with Crippen molar-refractivity contribution in [2.24, 2.45) is 5.92 Å². The third-order valence-electron chi connectivity index (χ3n) is 7.01. The molecule has 2 aliphatic rings. The predicted octanol–water partition coefficient (Wildman–Crippen LogP) is 5.08. The Hall–Kier alpha value is -2.66. The highest BCUT2D eigenvalue weighted by Crippen LogP contribution is 2.29. The minimum absolute atomic E-state index is 0.00549. The number of piperidine rings is 2. The zero-order valence-corrected chi connectivity index (χ0v) is 18.3. The van der Waals surface area contributed by atoms with E-state index in [1.165, 1.54) is 16.3 Å². The van der Waals surface area contributed by atoms with Crippen molar-refractivity contribution in [3.05, 3.63) is 65.5 Å². The van der Waals surface area contributed by atoms with Gasteiger partial charge in [0.2, 0.25) is 5.76 Å². The first-order valence-electron chi connectivity index (χ1n) is 11.6. The van der Waals surface area contributed by atoms with Gasteiger partial charge >= 0.3 is 0 Å². The van der Waals surface area contributed by atoms with Gasteiger partial charge in [0, 0.05) is 38.2 Å². The molecule has 2 fully saturated rings. The summed E-state index contributed by atoms with van der Waals surface area (Å²) in [5.41, 5.74) is 2.30. The van der Waals surface area contributed by atoms with Crippen molar-refractivity contribution >= 4 is 16.7 Å². The SMILES string of the molecule is CC1CCN(C(=O)c2cc([C@@H]3CCCN(Cc4cccc5ccccc45)C3)no2)CC1. The summed E-state index contributed by atoms with van der Waals surface area (Å²) in [5.74, 6) is 1.41. The van der Waals surface area contributed by atoms with E-state index in [0.717, 1.165) is 64.1 Å². The molecule has 5 heteroatoms. The second kappa shape index (κ2) is 8.83. The topological polar surface area (TPSA) is 49.6 Å². The summed E-state index contributed by atoms with van der Waals surface area (Å²) in [6.07, 6.45) is 4.36. The number of hydrogen-bond donors (Lipinski definition) is 0. The molecule has 0 N–H and O–H groups in total. The van der Waals surface area contributed by atoms with Gasteiger partial charge in [-0.15, -0.1) is 0 Å². The molecule has 5 nitrogen and oxygen atoms in total. The minimum atomic E-state index is -0.00549. The lowest BCUT2D eigenvalue weighted by molar-refractivity contribution is 0.0655. The molecule has 1 aromatic heterocycles. The van der Waals surface area contributed by atoms with E-state index < -0.39 is 0 Å². The zero-order valence-electron chi connectivity index (χ0n) is 18.3. The molecule has 1 atom stereocenters. The summed E-state index contributed by atoms with van der Waals surface area (Å²) >= 11 is 0. The van der Waals surface area contributed by atoms with Crippen LogP contribution in [0.15, 0.2) is 53.1 Å². The molecule has 2 aliphatic heterocycles. The van der Waals surface area contributed by atoms with Gasteiger partial charge in [-0.3, -0.25) is 9.69 Å². The summed E-state index contributed by atoms with van der Waals surface area (Å²) in [5, 5.41) is 6.94. The van der Waals surface area contributed by atoms with Crippen molar-refractivity contribution in [2.45, 2.75) is 45.1 Å². The molecule has 31 heavy (non-hydrogen) atoms. The molecule has 0 saturated carbocycles. The first kappa shape index (κ1) is 20.3. The van der Waals surface area contributed by atoms with E-state index in [9.17, 15) is 4.79 Å². The van der Waals surface area contributed by atoms with Crippen molar-refractivity contribution in [1.29, 1.82) is 0 Å². The summed E-state index contributed by atoms with van der Waals surface area (Å²) in [6, 6.07) is 17.0. The van der Waals surface area contributed by atoms with E-state index in [-0.39, 0.29) is 5.91 Å². The van der Waals surface area contributed by atoms with Gasteiger partial charge in [0.15, 0.2) is 0 Å². The van der Waals surface area contributed by atoms with Crippen molar-refractivity contribution in [1.82, 2.24) is 15.0 Å². The van der Waals surface area contributed by atoms with Gasteiger partial charge in [0.25, 0.3) is 5.91 Å². The van der Waals surface area contributed by atoms with Crippen molar-refractivity contribution < 1.29 is 9.32 Å². The molecule has 0 spiro atoms. The fraction of sp³-hybridized carbons (Fsp3) is 0.462. The minimum Gasteiger partial charge on any atom is -0.351 e. The van der Waals surface area contributed by atoms with E-state index in [1.54, 1.807) is 0 Å². The lowest BCUT2D eigenvalue weighted by Gasteiger charge is -2.32. The Labute approximate surface area is 184 Å². The van der Waals surface area contributed by atoms with Crippen LogP contribution in [0, 0.1) is 5.92 Å². The number of fused-ring (bicyclic) bond motifs is 1. The second-order valence-electron chi connectivity index (χ2n) is 9.30. The Morgan fingerprint density at radius 3 is 2.74 bits per heavy atom. The smallest absolute Gasteiger partial charge is 0.292 e. The molecule has 1 amide bonds. The van der Waals surface area contributed by atoms with E-state index in [0.29, 0.717) is 17.6 Å². The molecular formula is C26H31N3O2. The standard InChI is InChI=1S/C26H31N3O2/c1-19-11-14-29(15-12-19)26(30)25-16-24(27-31-25)22-9-5-13-28(18-22)17-21-8-4-7-20-6-2-3-10-23(20)21/h2-4,6-8,10,16,19,22H,5,9,11-15,17-18H2,1H3/t22-/m1/s1. The van der Waals surface area contributed by atoms with Crippen molar-refractivity contribution in [3.63, 3.8) is 0 Å². The number of carbonyl (C=O) groups is 1. The molecule has 0 radical (unpaired) electrons. The molecule has 5 rings (SSSR count). The largest absolute Gasteiger partial charge is 0.351 e. The average molecular weight is 418 g/mol. The maximum atomic E-state index is 12.8. The summed E-state index contributed by atoms with van der Waals surface area (Å²) in [6.45, 7) is 6.87. The van der Waals surface area contributed by atoms with Crippen LogP contribution in [0.2, 0.25) is 0 Å². The Morgan fingerprint density at radius 2 is 1.87 bits per heavy atom. The first-order valence-corrected chi connectivity index (χ1v) is 11.6. The number of amides is 1. The third kappa shape index (κ3) is 4.38. The fourth-order valence-electron chi connectivity index (χ4n) is 5.06. The lowest BCUT2D eigenvalue weighted by Crippen LogP contribution is -2.37. The van der Waals surface area contributed by atoms with E-state index in [2.05, 4.69) is 59.4 Å². The third-order valence-corrected chi connectivity index (χ3v) is 7.01.